The third-order valence-electron chi connectivity index (χ3n) is 5.17. The lowest BCUT2D eigenvalue weighted by molar-refractivity contribution is -0.208. The Labute approximate surface area is 191 Å². The lowest BCUT2D eigenvalue weighted by atomic mass is 9.84. The first kappa shape index (κ1) is 24.2. The molecule has 1 N–H and O–H groups in total. The fraction of sp³-hybridized carbons (Fsp3) is 0.190. The molecule has 0 amide bonds. The Kier molecular flexibility index (Phi) is 6.00. The van der Waals surface area contributed by atoms with Gasteiger partial charge in [0.25, 0.3) is 0 Å². The average Bonchev–Trinajstić information content (AvgIpc) is 3.31. The molecule has 1 atom stereocenters. The predicted octanol–water partition coefficient (Wildman–Crippen LogP) is 4.11. The maximum absolute atomic E-state index is 15.7. The number of halogens is 7. The van der Waals surface area contributed by atoms with E-state index >= 15 is 8.78 Å². The van der Waals surface area contributed by atoms with E-state index in [1.54, 1.807) is 0 Å². The molecular weight excluding hydrogens is 485 g/mol. The van der Waals surface area contributed by atoms with E-state index in [1.165, 1.54) is 0 Å². The van der Waals surface area contributed by atoms with Gasteiger partial charge in [-0.1, -0.05) is 12.1 Å². The van der Waals surface area contributed by atoms with Crippen molar-refractivity contribution in [2.75, 3.05) is 0 Å². The van der Waals surface area contributed by atoms with Crippen LogP contribution >= 0.6 is 0 Å². The summed E-state index contributed by atoms with van der Waals surface area (Å²) in [7, 11) is 0. The minimum absolute atomic E-state index is 0.0322. The van der Waals surface area contributed by atoms with Crippen molar-refractivity contribution in [3.8, 4) is 11.3 Å². The van der Waals surface area contributed by atoms with Gasteiger partial charge >= 0.3 is 12.1 Å². The number of nitrogens with zero attached hydrogens (tertiary/aromatic N) is 6. The van der Waals surface area contributed by atoms with Crippen molar-refractivity contribution in [1.29, 1.82) is 0 Å². The quantitative estimate of drug-likeness (QED) is 0.403. The smallest absolute Gasteiger partial charge is 0.377 e. The van der Waals surface area contributed by atoms with Gasteiger partial charge in [0.2, 0.25) is 0 Å². The topological polar surface area (TPSA) is 89.6 Å². The van der Waals surface area contributed by atoms with Gasteiger partial charge in [0.15, 0.2) is 5.60 Å². The Morgan fingerprint density at radius 2 is 1.57 bits per heavy atom. The highest BCUT2D eigenvalue weighted by molar-refractivity contribution is 5.59. The second-order valence-electron chi connectivity index (χ2n) is 7.45. The molecule has 182 valence electrons. The monoisotopic (exact) mass is 498 g/mol. The van der Waals surface area contributed by atoms with E-state index < -0.39 is 52.7 Å². The first-order chi connectivity index (χ1) is 16.4. The molecule has 0 bridgehead atoms. The number of hydrogen-bond donors (Lipinski definition) is 1. The Hall–Kier alpha value is -3.94. The zero-order chi connectivity index (χ0) is 25.4. The molecule has 35 heavy (non-hydrogen) atoms. The molecule has 0 fully saturated rings. The minimum Gasteiger partial charge on any atom is -0.377 e. The van der Waals surface area contributed by atoms with Crippen LogP contribution in [0.1, 0.15) is 16.8 Å². The molecular formula is C21H13F7N6O. The van der Waals surface area contributed by atoms with Crippen LogP contribution in [0.3, 0.4) is 0 Å². The second kappa shape index (κ2) is 8.69. The maximum Gasteiger partial charge on any atom is 0.416 e. The van der Waals surface area contributed by atoms with Crippen molar-refractivity contribution in [3.05, 3.63) is 89.4 Å². The number of rotatable bonds is 6. The van der Waals surface area contributed by atoms with E-state index in [1.807, 2.05) is 0 Å². The summed E-state index contributed by atoms with van der Waals surface area (Å²) in [6.07, 6.45) is -3.66. The molecule has 0 aliphatic carbocycles. The lowest BCUT2D eigenvalue weighted by Gasteiger charge is -2.35. The van der Waals surface area contributed by atoms with Crippen molar-refractivity contribution in [2.45, 2.75) is 24.2 Å². The molecule has 1 unspecified atom stereocenters. The summed E-state index contributed by atoms with van der Waals surface area (Å²) >= 11 is 0. The molecule has 7 nitrogen and oxygen atoms in total. The zero-order valence-electron chi connectivity index (χ0n) is 17.3. The Bertz CT molecular complexity index is 1310. The zero-order valence-corrected chi connectivity index (χ0v) is 17.3. The molecule has 4 aromatic rings. The van der Waals surface area contributed by atoms with Crippen LogP contribution in [0, 0.1) is 11.6 Å². The molecule has 14 heteroatoms. The van der Waals surface area contributed by atoms with Crippen LogP contribution < -0.4 is 0 Å². The van der Waals surface area contributed by atoms with Crippen LogP contribution in [-0.4, -0.2) is 35.5 Å². The van der Waals surface area contributed by atoms with Crippen LogP contribution in [0.15, 0.2) is 60.9 Å². The summed E-state index contributed by atoms with van der Waals surface area (Å²) in [6.45, 7) is -1.04. The summed E-state index contributed by atoms with van der Waals surface area (Å²) in [5.74, 6) is -6.82. The third kappa shape index (κ3) is 4.56. The summed E-state index contributed by atoms with van der Waals surface area (Å²) in [6, 6.07) is 7.28. The number of benzene rings is 2. The van der Waals surface area contributed by atoms with Gasteiger partial charge in [-0.25, -0.2) is 13.5 Å². The van der Waals surface area contributed by atoms with E-state index in [4.69, 9.17) is 0 Å². The van der Waals surface area contributed by atoms with Crippen molar-refractivity contribution >= 4 is 0 Å². The first-order valence-electron chi connectivity index (χ1n) is 9.70. The van der Waals surface area contributed by atoms with Gasteiger partial charge in [0.1, 0.15) is 23.7 Å². The highest BCUT2D eigenvalue weighted by atomic mass is 19.4. The lowest BCUT2D eigenvalue weighted by Crippen LogP contribution is -2.48. The maximum atomic E-state index is 15.7. The molecule has 0 aliphatic rings. The fourth-order valence-electron chi connectivity index (χ4n) is 3.36. The molecule has 0 radical (unpaired) electrons. The molecule has 0 spiro atoms. The van der Waals surface area contributed by atoms with Crippen molar-refractivity contribution in [2.24, 2.45) is 0 Å². The predicted molar refractivity (Wildman–Crippen MR) is 104 cm³/mol. The standard InChI is InChI=1S/C21H13F7N6O/c22-14-5-6-15(16(23)9-14)19(35,10-34-11-29-32-33-34)20(24,25)18-8-7-17(30-31-18)12-1-3-13(4-2-12)21(26,27)28/h1-9,11,35H,10H2. The molecule has 4 rings (SSSR count). The van der Waals surface area contributed by atoms with Crippen molar-refractivity contribution in [3.63, 3.8) is 0 Å². The van der Waals surface area contributed by atoms with Gasteiger partial charge < -0.3 is 5.11 Å². The number of hydrogen-bond acceptors (Lipinski definition) is 6. The molecule has 2 heterocycles. The van der Waals surface area contributed by atoms with E-state index in [9.17, 15) is 27.1 Å². The molecule has 0 saturated heterocycles. The largest absolute Gasteiger partial charge is 0.416 e. The number of aliphatic hydroxyl groups is 1. The molecule has 2 aromatic heterocycles. The summed E-state index contributed by atoms with van der Waals surface area (Å²) in [4.78, 5) is 0. The van der Waals surface area contributed by atoms with Crippen LogP contribution in [0.4, 0.5) is 30.7 Å². The fourth-order valence-corrected chi connectivity index (χ4v) is 3.36. The van der Waals surface area contributed by atoms with Crippen LogP contribution in [0.25, 0.3) is 11.3 Å². The second-order valence-corrected chi connectivity index (χ2v) is 7.45. The summed E-state index contributed by atoms with van der Waals surface area (Å²) in [5.41, 5.74) is -6.17. The van der Waals surface area contributed by atoms with Gasteiger partial charge in [0.05, 0.1) is 17.8 Å². The van der Waals surface area contributed by atoms with E-state index in [0.29, 0.717) is 18.2 Å². The Morgan fingerprint density at radius 1 is 0.857 bits per heavy atom. The van der Waals surface area contributed by atoms with Crippen molar-refractivity contribution < 1.29 is 35.8 Å². The van der Waals surface area contributed by atoms with E-state index in [-0.39, 0.29) is 11.3 Å². The van der Waals surface area contributed by atoms with Gasteiger partial charge in [-0.15, -0.1) is 10.2 Å². The normalized spacial score (nSPS) is 14.1. The van der Waals surface area contributed by atoms with Gasteiger partial charge in [-0.3, -0.25) is 0 Å². The number of alkyl halides is 5. The van der Waals surface area contributed by atoms with Gasteiger partial charge in [0, 0.05) is 17.2 Å². The van der Waals surface area contributed by atoms with Crippen molar-refractivity contribution in [1.82, 2.24) is 30.4 Å². The molecule has 0 aliphatic heterocycles. The van der Waals surface area contributed by atoms with Gasteiger partial charge in [-0.2, -0.15) is 27.1 Å². The third-order valence-corrected chi connectivity index (χ3v) is 5.17. The first-order valence-corrected chi connectivity index (χ1v) is 9.70. The minimum atomic E-state index is -4.56. The highest BCUT2D eigenvalue weighted by Gasteiger charge is 2.58. The van der Waals surface area contributed by atoms with Crippen LogP contribution in [-0.2, 0) is 24.2 Å². The van der Waals surface area contributed by atoms with Crippen LogP contribution in [0.5, 0.6) is 0 Å². The number of tetrazole rings is 1. The van der Waals surface area contributed by atoms with Crippen LogP contribution in [0.2, 0.25) is 0 Å². The van der Waals surface area contributed by atoms with Gasteiger partial charge in [-0.05, 0) is 46.8 Å². The molecule has 0 saturated carbocycles. The van der Waals surface area contributed by atoms with E-state index in [0.717, 1.165) is 47.4 Å². The summed E-state index contributed by atoms with van der Waals surface area (Å²) < 4.78 is 98.2. The summed E-state index contributed by atoms with van der Waals surface area (Å²) in [5, 5.41) is 28.1. The molecule has 2 aromatic carbocycles. The Balaban J connectivity index is 1.73. The Morgan fingerprint density at radius 3 is 2.11 bits per heavy atom. The number of aromatic nitrogens is 6. The SMILES string of the molecule is OC(Cn1cnnn1)(c1ccc(F)cc1F)C(F)(F)c1ccc(-c2ccc(C(F)(F)F)cc2)nn1. The van der Waals surface area contributed by atoms with E-state index in [2.05, 4.69) is 25.7 Å². The average molecular weight is 498 g/mol. The highest BCUT2D eigenvalue weighted by Crippen LogP contribution is 2.46.